The number of thiophene rings is 1. The number of rotatable bonds is 4. The number of hydrazone groups is 1. The molecule has 5 rings (SSSR count). The van der Waals surface area contributed by atoms with Crippen LogP contribution in [0, 0.1) is 6.92 Å². The monoisotopic (exact) mass is 401 g/mol. The summed E-state index contributed by atoms with van der Waals surface area (Å²) in [6, 6.07) is 22.1. The molecule has 1 fully saturated rings. The lowest BCUT2D eigenvalue weighted by Crippen LogP contribution is -2.29. The number of nitrogens with zero attached hydrogens (tertiary/aromatic N) is 3. The van der Waals surface area contributed by atoms with Crippen LogP contribution in [-0.4, -0.2) is 18.8 Å². The minimum absolute atomic E-state index is 0.272. The molecule has 2 aromatic carbocycles. The molecule has 1 aromatic heterocycles. The molecule has 29 heavy (non-hydrogen) atoms. The van der Waals surface area contributed by atoms with E-state index in [1.807, 2.05) is 11.3 Å². The Bertz CT molecular complexity index is 984. The first-order valence-corrected chi connectivity index (χ1v) is 11.5. The predicted molar refractivity (Wildman–Crippen MR) is 124 cm³/mol. The van der Waals surface area contributed by atoms with Crippen molar-refractivity contribution in [2.24, 2.45) is 5.10 Å². The molecule has 3 nitrogen and oxygen atoms in total. The first kappa shape index (κ1) is 18.4. The minimum Gasteiger partial charge on any atom is -0.372 e. The van der Waals surface area contributed by atoms with Crippen LogP contribution in [0.5, 0.6) is 0 Å². The fourth-order valence-electron chi connectivity index (χ4n) is 4.45. The molecule has 0 saturated carbocycles. The van der Waals surface area contributed by atoms with Crippen molar-refractivity contribution in [3.05, 3.63) is 82.0 Å². The van der Waals surface area contributed by atoms with Crippen molar-refractivity contribution in [1.82, 2.24) is 0 Å². The molecule has 0 aliphatic carbocycles. The highest BCUT2D eigenvalue weighted by molar-refractivity contribution is 7.10. The first-order valence-electron chi connectivity index (χ1n) is 10.6. The molecule has 0 spiro atoms. The highest BCUT2D eigenvalue weighted by Gasteiger charge is 2.31. The van der Waals surface area contributed by atoms with Gasteiger partial charge in [0.15, 0.2) is 0 Å². The molecule has 3 heterocycles. The largest absolute Gasteiger partial charge is 0.372 e. The minimum atomic E-state index is 0.272. The van der Waals surface area contributed by atoms with Gasteiger partial charge in [-0.05, 0) is 73.0 Å². The highest BCUT2D eigenvalue weighted by atomic mass is 32.1. The summed E-state index contributed by atoms with van der Waals surface area (Å²) in [4.78, 5) is 3.93. The molecule has 0 bridgehead atoms. The van der Waals surface area contributed by atoms with Gasteiger partial charge < -0.3 is 4.90 Å². The molecule has 148 valence electrons. The molecule has 1 unspecified atom stereocenters. The van der Waals surface area contributed by atoms with Crippen molar-refractivity contribution < 1.29 is 0 Å². The van der Waals surface area contributed by atoms with Crippen LogP contribution in [0.25, 0.3) is 0 Å². The molecule has 2 aliphatic heterocycles. The van der Waals surface area contributed by atoms with E-state index in [1.54, 1.807) is 0 Å². The van der Waals surface area contributed by atoms with Gasteiger partial charge in [0.1, 0.15) is 0 Å². The van der Waals surface area contributed by atoms with Crippen LogP contribution < -0.4 is 9.91 Å². The van der Waals surface area contributed by atoms with E-state index in [-0.39, 0.29) is 6.04 Å². The van der Waals surface area contributed by atoms with E-state index in [0.29, 0.717) is 0 Å². The maximum absolute atomic E-state index is 5.09. The van der Waals surface area contributed by atoms with E-state index in [1.165, 1.54) is 59.8 Å². The van der Waals surface area contributed by atoms with E-state index in [0.717, 1.165) is 12.1 Å². The van der Waals surface area contributed by atoms with Crippen molar-refractivity contribution >= 4 is 28.4 Å². The van der Waals surface area contributed by atoms with Crippen molar-refractivity contribution in [1.29, 1.82) is 0 Å². The summed E-state index contributed by atoms with van der Waals surface area (Å²) in [6.07, 6.45) is 4.92. The van der Waals surface area contributed by atoms with Gasteiger partial charge in [-0.15, -0.1) is 11.3 Å². The van der Waals surface area contributed by atoms with Gasteiger partial charge in [0.25, 0.3) is 0 Å². The number of hydrogen-bond acceptors (Lipinski definition) is 4. The third-order valence-electron chi connectivity index (χ3n) is 6.06. The zero-order valence-electron chi connectivity index (χ0n) is 16.9. The maximum Gasteiger partial charge on any atom is 0.0926 e. The Morgan fingerprint density at radius 3 is 2.31 bits per heavy atom. The molecular weight excluding hydrogens is 374 g/mol. The number of benzene rings is 2. The molecule has 1 atom stereocenters. The van der Waals surface area contributed by atoms with Gasteiger partial charge in [-0.1, -0.05) is 30.3 Å². The Kier molecular flexibility index (Phi) is 5.11. The normalized spacial score (nSPS) is 19.5. The van der Waals surface area contributed by atoms with Gasteiger partial charge >= 0.3 is 0 Å². The molecule has 3 aromatic rings. The molecule has 2 aliphatic rings. The summed E-state index contributed by atoms with van der Waals surface area (Å²) in [6.45, 7) is 4.57. The summed E-state index contributed by atoms with van der Waals surface area (Å²) >= 11 is 1.84. The summed E-state index contributed by atoms with van der Waals surface area (Å²) in [5.74, 6) is 0. The van der Waals surface area contributed by atoms with E-state index >= 15 is 0 Å². The van der Waals surface area contributed by atoms with Gasteiger partial charge in [-0.25, -0.2) is 0 Å². The lowest BCUT2D eigenvalue weighted by Gasteiger charge is -2.28. The fourth-order valence-corrected chi connectivity index (χ4v) is 5.46. The average molecular weight is 402 g/mol. The van der Waals surface area contributed by atoms with Crippen molar-refractivity contribution in [3.63, 3.8) is 0 Å². The third kappa shape index (κ3) is 3.69. The molecule has 1 saturated heterocycles. The Morgan fingerprint density at radius 1 is 0.862 bits per heavy atom. The molecule has 0 amide bonds. The van der Waals surface area contributed by atoms with Crippen LogP contribution in [-0.2, 0) is 0 Å². The smallest absolute Gasteiger partial charge is 0.0926 e. The van der Waals surface area contributed by atoms with E-state index in [4.69, 9.17) is 5.10 Å². The van der Waals surface area contributed by atoms with Crippen LogP contribution in [0.1, 0.15) is 47.7 Å². The standard InChI is InChI=1S/C25H27N3S/c1-19-14-17-29-25(19)24-18-23(26-28(24)22-8-4-2-5-9-22)20-10-12-21(13-11-20)27-15-6-3-7-16-27/h2,4-5,8-14,17,24H,3,6-7,15-16,18H2,1H3. The van der Waals surface area contributed by atoms with Gasteiger partial charge in [0.05, 0.1) is 17.4 Å². The summed E-state index contributed by atoms with van der Waals surface area (Å²) in [7, 11) is 0. The van der Waals surface area contributed by atoms with E-state index in [9.17, 15) is 0 Å². The second kappa shape index (κ2) is 8.03. The van der Waals surface area contributed by atoms with E-state index < -0.39 is 0 Å². The summed E-state index contributed by atoms with van der Waals surface area (Å²) in [5.41, 5.74) is 6.28. The highest BCUT2D eigenvalue weighted by Crippen LogP contribution is 2.40. The second-order valence-corrected chi connectivity index (χ2v) is 8.96. The zero-order chi connectivity index (χ0) is 19.6. The Balaban J connectivity index is 1.44. The second-order valence-electron chi connectivity index (χ2n) is 8.01. The quantitative estimate of drug-likeness (QED) is 0.503. The van der Waals surface area contributed by atoms with Crippen LogP contribution in [0.2, 0.25) is 0 Å². The van der Waals surface area contributed by atoms with Crippen LogP contribution in [0.4, 0.5) is 11.4 Å². The Hall–Kier alpha value is -2.59. The van der Waals surface area contributed by atoms with Crippen molar-refractivity contribution in [2.45, 2.75) is 38.6 Å². The van der Waals surface area contributed by atoms with E-state index in [2.05, 4.69) is 82.9 Å². The van der Waals surface area contributed by atoms with Crippen LogP contribution in [0.15, 0.2) is 71.1 Å². The van der Waals surface area contributed by atoms with Crippen molar-refractivity contribution in [2.75, 3.05) is 23.0 Å². The number of piperidine rings is 1. The summed E-state index contributed by atoms with van der Waals surface area (Å²) in [5, 5.41) is 9.50. The van der Waals surface area contributed by atoms with Gasteiger partial charge in [-0.3, -0.25) is 5.01 Å². The predicted octanol–water partition coefficient (Wildman–Crippen LogP) is 6.40. The average Bonchev–Trinajstić information content (AvgIpc) is 3.41. The van der Waals surface area contributed by atoms with Crippen LogP contribution >= 0.6 is 11.3 Å². The Morgan fingerprint density at radius 2 is 1.62 bits per heavy atom. The maximum atomic E-state index is 5.09. The zero-order valence-corrected chi connectivity index (χ0v) is 17.7. The topological polar surface area (TPSA) is 18.8 Å². The fraction of sp³-hybridized carbons (Fsp3) is 0.320. The first-order chi connectivity index (χ1) is 14.3. The molecular formula is C25H27N3S. The van der Waals surface area contributed by atoms with Crippen molar-refractivity contribution in [3.8, 4) is 0 Å². The van der Waals surface area contributed by atoms with Crippen LogP contribution in [0.3, 0.4) is 0 Å². The number of anilines is 2. The van der Waals surface area contributed by atoms with Gasteiger partial charge in [-0.2, -0.15) is 5.10 Å². The third-order valence-corrected chi connectivity index (χ3v) is 7.18. The number of hydrogen-bond donors (Lipinski definition) is 0. The molecule has 0 N–H and O–H groups in total. The summed E-state index contributed by atoms with van der Waals surface area (Å²) < 4.78 is 0. The lowest BCUT2D eigenvalue weighted by atomic mass is 10.0. The Labute approximate surface area is 177 Å². The SMILES string of the molecule is Cc1ccsc1C1CC(c2ccc(N3CCCCC3)cc2)=NN1c1ccccc1. The van der Waals surface area contributed by atoms with Gasteiger partial charge in [0.2, 0.25) is 0 Å². The lowest BCUT2D eigenvalue weighted by molar-refractivity contribution is 0.578. The van der Waals surface area contributed by atoms with Gasteiger partial charge in [0, 0.05) is 30.1 Å². The molecule has 4 heteroatoms. The molecule has 0 radical (unpaired) electrons. The number of para-hydroxylation sites is 1. The number of aryl methyl sites for hydroxylation is 1.